The average molecular weight is 1400 g/mol. The van der Waals surface area contributed by atoms with Gasteiger partial charge in [-0.05, 0) is 104 Å². The van der Waals surface area contributed by atoms with Gasteiger partial charge in [0.15, 0.2) is 37.6 Å². The molecule has 6 heterocycles. The van der Waals surface area contributed by atoms with Crippen LogP contribution in [0.25, 0.3) is 0 Å². The van der Waals surface area contributed by atoms with Crippen molar-refractivity contribution in [3.8, 4) is 0 Å². The quantitative estimate of drug-likeness (QED) is 0.0388. The third-order valence-corrected chi connectivity index (χ3v) is 24.9. The Morgan fingerprint density at radius 2 is 0.969 bits per heavy atom. The molecule has 0 bridgehead atoms. The molecule has 556 valence electrons. The molecular formula is C64H101O33-. The highest BCUT2D eigenvalue weighted by molar-refractivity contribution is 5.79. The summed E-state index contributed by atoms with van der Waals surface area (Å²) in [5, 5.41) is 211. The molecule has 0 aromatic carbocycles. The minimum absolute atomic E-state index is 0.0794. The number of allylic oxidation sites excluding steroid dienone is 2. The number of fused-ring (bicyclic) bond motifs is 7. The van der Waals surface area contributed by atoms with Gasteiger partial charge in [0.25, 0.3) is 0 Å². The molecule has 11 rings (SSSR count). The highest BCUT2D eigenvalue weighted by Gasteiger charge is 2.72. The van der Waals surface area contributed by atoms with E-state index in [0.717, 1.165) is 5.57 Å². The van der Waals surface area contributed by atoms with E-state index in [-0.39, 0.29) is 24.2 Å². The Labute approximate surface area is 559 Å². The molecule has 33 heteroatoms. The number of hydrogen-bond donors (Lipinski definition) is 18. The molecule has 2 unspecified atom stereocenters. The van der Waals surface area contributed by atoms with E-state index >= 15 is 4.79 Å². The molecule has 0 amide bonds. The summed E-state index contributed by atoms with van der Waals surface area (Å²) in [6.45, 7) is 9.65. The number of carboxylic acids is 1. The number of aliphatic hydroxyl groups is 18. The molecule has 38 atom stereocenters. The van der Waals surface area contributed by atoms with Gasteiger partial charge in [0.2, 0.25) is 6.29 Å². The molecule has 0 aromatic heterocycles. The van der Waals surface area contributed by atoms with Gasteiger partial charge in [-0.15, -0.1) is 0 Å². The van der Waals surface area contributed by atoms with Crippen molar-refractivity contribution in [2.45, 2.75) is 290 Å². The topological polar surface area (TPSA) is 532 Å². The molecule has 33 nitrogen and oxygen atoms in total. The molecule has 0 spiro atoms. The first-order valence-corrected chi connectivity index (χ1v) is 33.8. The second-order valence-electron chi connectivity index (χ2n) is 30.9. The molecule has 5 aliphatic carbocycles. The number of aliphatic carboxylic acids is 1. The Balaban J connectivity index is 0.837. The summed E-state index contributed by atoms with van der Waals surface area (Å²) in [6, 6.07) is 0. The molecule has 6 aliphatic heterocycles. The average Bonchev–Trinajstić information content (AvgIpc) is 0.672. The fraction of sp³-hybridized carbons (Fsp3) is 0.938. The van der Waals surface area contributed by atoms with Gasteiger partial charge in [0.05, 0.1) is 62.7 Å². The standard InChI is InChI=1S/C64H102O33/c1-23-46(92-51-43(80)34(71)27(69)21-86-51)42(79)45(82)52(88-23)93-47-35(72)28(70)22-87-54(47)97-58(85)64-14-12-59(2,3)16-25(64)24-8-9-32-60(4)17-26(68)50(63(7,57(83)84)33(60)10-11-62(32,6)61(24,5)13-15-64)96-56-49(41(78)38(75)31(20-67)91-56)95-55-48(40(77)37(74)30(19-66)90-55)94-53-44(81)39(76)36(73)29(18-65)89-53/h8,23,25-56,65-82H,9-22H2,1-7H3,(H,83,84)/p-1/t23-,25-,26-,27+,28-,29+,30+,31+,32?,33?,34-,35-,36+,37+,38+,39-,40-,41-,42-,43+,44+,45+,46-,47+,48+,49+,50-,51-,52-,53-,54-,55-,56-,60+,61+,62+,63-,64-/m0/s1. The summed E-state index contributed by atoms with van der Waals surface area (Å²) in [5.41, 5.74) is -4.93. The first kappa shape index (κ1) is 75.7. The lowest BCUT2D eigenvalue weighted by molar-refractivity contribution is -0.403. The lowest BCUT2D eigenvalue weighted by Crippen LogP contribution is -2.72. The van der Waals surface area contributed by atoms with Crippen LogP contribution in [0.2, 0.25) is 0 Å². The predicted octanol–water partition coefficient (Wildman–Crippen LogP) is -7.38. The van der Waals surface area contributed by atoms with Crippen molar-refractivity contribution in [1.82, 2.24) is 0 Å². The van der Waals surface area contributed by atoms with E-state index in [1.165, 1.54) is 13.8 Å². The van der Waals surface area contributed by atoms with Gasteiger partial charge in [-0.3, -0.25) is 4.79 Å². The zero-order valence-electron chi connectivity index (χ0n) is 55.2. The van der Waals surface area contributed by atoms with E-state index in [0.29, 0.717) is 44.9 Å². The van der Waals surface area contributed by atoms with Crippen LogP contribution < -0.4 is 5.11 Å². The number of hydrogen-bond acceptors (Lipinski definition) is 33. The Hall–Kier alpha value is -2.48. The number of aliphatic hydroxyl groups excluding tert-OH is 18. The van der Waals surface area contributed by atoms with Crippen LogP contribution >= 0.6 is 0 Å². The van der Waals surface area contributed by atoms with Crippen LogP contribution in [0.15, 0.2) is 11.6 Å². The summed E-state index contributed by atoms with van der Waals surface area (Å²) >= 11 is 0. The maximum absolute atomic E-state index is 15.5. The summed E-state index contributed by atoms with van der Waals surface area (Å²) in [5.74, 6) is -3.92. The summed E-state index contributed by atoms with van der Waals surface area (Å²) in [6.07, 6.45) is -48.1. The minimum atomic E-state index is -2.12. The zero-order valence-corrected chi connectivity index (χ0v) is 55.2. The van der Waals surface area contributed by atoms with Crippen molar-refractivity contribution in [2.24, 2.45) is 50.2 Å². The van der Waals surface area contributed by atoms with Crippen LogP contribution in [0.5, 0.6) is 0 Å². The van der Waals surface area contributed by atoms with Crippen LogP contribution in [-0.2, 0) is 66.4 Å². The van der Waals surface area contributed by atoms with Crippen molar-refractivity contribution in [2.75, 3.05) is 33.0 Å². The van der Waals surface area contributed by atoms with Crippen molar-refractivity contribution >= 4 is 11.9 Å². The van der Waals surface area contributed by atoms with Gasteiger partial charge in [-0.2, -0.15) is 0 Å². The van der Waals surface area contributed by atoms with E-state index in [9.17, 15) is 102 Å². The van der Waals surface area contributed by atoms with Crippen molar-refractivity contribution in [3.63, 3.8) is 0 Å². The van der Waals surface area contributed by atoms with Crippen LogP contribution in [0.1, 0.15) is 106 Å². The highest BCUT2D eigenvalue weighted by Crippen LogP contribution is 2.76. The van der Waals surface area contributed by atoms with Gasteiger partial charge in [0, 0.05) is 5.41 Å². The molecule has 11 aliphatic rings. The Kier molecular flexibility index (Phi) is 22.0. The smallest absolute Gasteiger partial charge is 0.315 e. The monoisotopic (exact) mass is 1400 g/mol. The third kappa shape index (κ3) is 12.8. The second-order valence-corrected chi connectivity index (χ2v) is 30.9. The van der Waals surface area contributed by atoms with E-state index in [4.69, 9.17) is 56.8 Å². The SMILES string of the molecule is C[C@@H]1O[C@@H](O[C@H]2[C@H](OC(=O)[C@]34CCC(C)(C)C[C@H]3C3=CCC5[C@@]6(C)C[C@H](O)[C@H](O[C@@H]7O[C@H](CO)[C@@H](O)[C@H](O)[C@H]7O[C@@H]7O[C@H](CO)[C@@H](O)[C@H](O)[C@H]7O[C@@H]7O[C@H](CO)[C@@H](O)[C@H](O)[C@H]7O)[C@@](C)(C(=O)[O-])C6CC[C@@]5(C)[C@]3(C)CC4)OC[C@H](O)[C@@H]2O)[C@H](O)[C@H](O)[C@H]1O[C@@H]1OC[C@@H](O)[C@H](O)[C@H]1O. The maximum atomic E-state index is 15.5. The van der Waals surface area contributed by atoms with Crippen LogP contribution in [-0.4, -0.2) is 321 Å². The molecule has 6 saturated heterocycles. The number of esters is 1. The van der Waals surface area contributed by atoms with Gasteiger partial charge in [-0.1, -0.05) is 53.2 Å². The van der Waals surface area contributed by atoms with E-state index < -0.39 is 268 Å². The van der Waals surface area contributed by atoms with E-state index in [2.05, 4.69) is 33.8 Å². The van der Waals surface area contributed by atoms with Crippen LogP contribution in [0.3, 0.4) is 0 Å². The molecule has 4 saturated carbocycles. The number of carbonyl (C=O) groups is 2. The third-order valence-electron chi connectivity index (χ3n) is 24.9. The van der Waals surface area contributed by atoms with Crippen molar-refractivity contribution in [3.05, 3.63) is 11.6 Å². The fourth-order valence-electron chi connectivity index (χ4n) is 18.9. The number of carboxylic acid groups (broad SMARTS) is 1. The summed E-state index contributed by atoms with van der Waals surface area (Å²) < 4.78 is 71.3. The summed E-state index contributed by atoms with van der Waals surface area (Å²) in [7, 11) is 0. The number of ether oxygens (including phenoxy) is 12. The van der Waals surface area contributed by atoms with Crippen molar-refractivity contribution in [1.29, 1.82) is 0 Å². The van der Waals surface area contributed by atoms with Crippen molar-refractivity contribution < 1.29 is 163 Å². The zero-order chi connectivity index (χ0) is 70.9. The van der Waals surface area contributed by atoms with Gasteiger partial charge in [-0.25, -0.2) is 0 Å². The maximum Gasteiger partial charge on any atom is 0.315 e. The molecular weight excluding hydrogens is 1300 g/mol. The summed E-state index contributed by atoms with van der Waals surface area (Å²) in [4.78, 5) is 29.7. The number of rotatable bonds is 16. The lowest BCUT2D eigenvalue weighted by Gasteiger charge is -2.72. The van der Waals surface area contributed by atoms with Crippen LogP contribution in [0.4, 0.5) is 0 Å². The van der Waals surface area contributed by atoms with Crippen LogP contribution in [0, 0.1) is 50.2 Å². The van der Waals surface area contributed by atoms with Gasteiger partial charge in [0.1, 0.15) is 122 Å². The number of carbonyl (C=O) groups excluding carboxylic acids is 2. The lowest BCUT2D eigenvalue weighted by atomic mass is 9.33. The fourth-order valence-corrected chi connectivity index (χ4v) is 18.9. The molecule has 10 fully saturated rings. The minimum Gasteiger partial charge on any atom is -0.549 e. The van der Waals surface area contributed by atoms with Gasteiger partial charge < -0.3 is 159 Å². The predicted molar refractivity (Wildman–Crippen MR) is 315 cm³/mol. The molecule has 18 N–H and O–H groups in total. The van der Waals surface area contributed by atoms with E-state index in [1.807, 2.05) is 6.92 Å². The van der Waals surface area contributed by atoms with E-state index in [1.54, 1.807) is 0 Å². The largest absolute Gasteiger partial charge is 0.549 e. The highest BCUT2D eigenvalue weighted by atomic mass is 16.8. The molecule has 97 heavy (non-hydrogen) atoms. The molecule has 0 radical (unpaired) electrons. The Morgan fingerprint density at radius 1 is 0.495 bits per heavy atom. The first-order valence-electron chi connectivity index (χ1n) is 33.8. The normalized spacial score (nSPS) is 54.6. The Bertz CT molecular complexity index is 2780. The Morgan fingerprint density at radius 3 is 1.56 bits per heavy atom. The molecule has 0 aromatic rings. The van der Waals surface area contributed by atoms with Gasteiger partial charge >= 0.3 is 5.97 Å². The first-order chi connectivity index (χ1) is 45.5. The second kappa shape index (κ2) is 28.2.